The van der Waals surface area contributed by atoms with E-state index in [1.165, 1.54) is 50.3 Å². The van der Waals surface area contributed by atoms with E-state index < -0.39 is 11.1 Å². The number of hydrogen-bond donors (Lipinski definition) is 3. The highest BCUT2D eigenvalue weighted by Crippen LogP contribution is 2.53. The van der Waals surface area contributed by atoms with Crippen molar-refractivity contribution in [3.63, 3.8) is 0 Å². The predicted molar refractivity (Wildman–Crippen MR) is 134 cm³/mol. The summed E-state index contributed by atoms with van der Waals surface area (Å²) in [5, 5.41) is 10.7. The van der Waals surface area contributed by atoms with Crippen molar-refractivity contribution in [2.24, 2.45) is 29.4 Å². The summed E-state index contributed by atoms with van der Waals surface area (Å²) in [6.07, 6.45) is 9.07. The Bertz CT molecular complexity index is 973. The molecule has 0 spiro atoms. The first kappa shape index (κ1) is 24.9. The molecule has 194 valence electrons. The van der Waals surface area contributed by atoms with Gasteiger partial charge in [0.2, 0.25) is 11.7 Å². The summed E-state index contributed by atoms with van der Waals surface area (Å²) in [4.78, 5) is 26.5. The van der Waals surface area contributed by atoms with Crippen molar-refractivity contribution < 1.29 is 18.8 Å². The summed E-state index contributed by atoms with van der Waals surface area (Å²) in [5.74, 6) is 2.93. The number of carbonyl (C=O) groups excluding carboxylic acids is 2. The number of fused-ring (bicyclic) bond motifs is 2. The number of nitrogens with two attached hydrogens (primary N) is 1. The van der Waals surface area contributed by atoms with Crippen LogP contribution in [0.25, 0.3) is 0 Å². The summed E-state index contributed by atoms with van der Waals surface area (Å²) in [5.41, 5.74) is 4.63. The molecule has 35 heavy (non-hydrogen) atoms. The maximum Gasteiger partial charge on any atom is 0.291 e. The van der Waals surface area contributed by atoms with Gasteiger partial charge >= 0.3 is 0 Å². The molecule has 4 aliphatic rings. The molecule has 5 unspecified atom stereocenters. The van der Waals surface area contributed by atoms with Crippen molar-refractivity contribution in [2.45, 2.75) is 106 Å². The molecule has 1 heterocycles. The van der Waals surface area contributed by atoms with Gasteiger partial charge in [0.25, 0.3) is 11.8 Å². The average molecular weight is 505 g/mol. The predicted octanol–water partition coefficient (Wildman–Crippen LogP) is 3.88. The molecule has 1 aromatic rings. The highest BCUT2D eigenvalue weighted by Gasteiger charge is 2.50. The quantitative estimate of drug-likeness (QED) is 0.437. The molecule has 2 amide bonds. The van der Waals surface area contributed by atoms with Crippen molar-refractivity contribution in [1.29, 1.82) is 0 Å². The number of nitrogens with zero attached hydrogens (tertiary/aromatic N) is 1. The van der Waals surface area contributed by atoms with Gasteiger partial charge in [0.1, 0.15) is 11.5 Å². The monoisotopic (exact) mass is 504 g/mol. The van der Waals surface area contributed by atoms with Gasteiger partial charge in [0.15, 0.2) is 0 Å². The molecule has 3 bridgehead atoms. The summed E-state index contributed by atoms with van der Waals surface area (Å²) >= 11 is 1.51. The standard InChI is InChI=1S/C26H40N4O4S/c1-14(2)35-21-20(22(31)28-19-17-11-15-6-5-7-18(19)16(10-15)12-17)34-30-23(21)33-13-25(3,4)29-24(32)26(27)8-9-26/h14-19H,5-13,27H2,1-4H3,(H,28,31)(H,29,32). The molecule has 4 aliphatic carbocycles. The fourth-order valence-electron chi connectivity index (χ4n) is 6.48. The second-order valence-corrected chi connectivity index (χ2v) is 13.9. The van der Waals surface area contributed by atoms with Crippen molar-refractivity contribution in [2.75, 3.05) is 6.61 Å². The number of ether oxygens (including phenoxy) is 1. The van der Waals surface area contributed by atoms with Crippen molar-refractivity contribution in [1.82, 2.24) is 15.8 Å². The molecule has 9 heteroatoms. The third-order valence-corrected chi connectivity index (χ3v) is 9.41. The van der Waals surface area contributed by atoms with Gasteiger partial charge in [-0.2, -0.15) is 0 Å². The van der Waals surface area contributed by atoms with E-state index in [9.17, 15) is 9.59 Å². The van der Waals surface area contributed by atoms with Crippen LogP contribution in [0.2, 0.25) is 0 Å². The van der Waals surface area contributed by atoms with Crippen LogP contribution >= 0.6 is 11.8 Å². The Hall–Kier alpha value is -1.74. The molecule has 5 rings (SSSR count). The maximum absolute atomic E-state index is 13.4. The van der Waals surface area contributed by atoms with E-state index in [2.05, 4.69) is 29.6 Å². The fraction of sp³-hybridized carbons (Fsp3) is 0.808. The lowest BCUT2D eigenvalue weighted by Gasteiger charge is -2.29. The minimum absolute atomic E-state index is 0.158. The van der Waals surface area contributed by atoms with Crippen molar-refractivity contribution in [3.05, 3.63) is 5.76 Å². The first-order chi connectivity index (χ1) is 16.5. The molecular weight excluding hydrogens is 464 g/mol. The van der Waals surface area contributed by atoms with E-state index in [1.807, 2.05) is 13.8 Å². The van der Waals surface area contributed by atoms with Gasteiger partial charge in [-0.15, -0.1) is 11.8 Å². The molecular formula is C26H40N4O4S. The molecule has 4 saturated carbocycles. The first-order valence-electron chi connectivity index (χ1n) is 13.3. The third-order valence-electron chi connectivity index (χ3n) is 8.34. The van der Waals surface area contributed by atoms with E-state index in [-0.39, 0.29) is 35.5 Å². The molecule has 0 radical (unpaired) electrons. The minimum atomic E-state index is -0.744. The molecule has 0 aromatic carbocycles. The van der Waals surface area contributed by atoms with Gasteiger partial charge in [-0.1, -0.05) is 26.7 Å². The summed E-state index contributed by atoms with van der Waals surface area (Å²) in [7, 11) is 0. The second-order valence-electron chi connectivity index (χ2n) is 12.3. The number of thioether (sulfide) groups is 1. The van der Waals surface area contributed by atoms with Gasteiger partial charge < -0.3 is 25.6 Å². The SMILES string of the molecule is CC(C)Sc1c(OCC(C)(C)NC(=O)C2(N)CC2)noc1C(=O)NC1C2CC3CCCC1C(C3)C2. The normalized spacial score (nSPS) is 30.7. The van der Waals surface area contributed by atoms with Crippen LogP contribution in [0.3, 0.4) is 0 Å². The fourth-order valence-corrected chi connectivity index (χ4v) is 7.38. The van der Waals surface area contributed by atoms with E-state index >= 15 is 0 Å². The average Bonchev–Trinajstić information content (AvgIpc) is 3.38. The Morgan fingerprint density at radius 1 is 1.23 bits per heavy atom. The van der Waals surface area contributed by atoms with Crippen LogP contribution in [0.15, 0.2) is 9.42 Å². The minimum Gasteiger partial charge on any atom is -0.472 e. The lowest BCUT2D eigenvalue weighted by atomic mass is 9.79. The number of amides is 2. The lowest BCUT2D eigenvalue weighted by Crippen LogP contribution is -2.54. The molecule has 0 saturated heterocycles. The Labute approximate surface area is 212 Å². The number of carbonyl (C=O) groups is 2. The zero-order valence-electron chi connectivity index (χ0n) is 21.4. The zero-order valence-corrected chi connectivity index (χ0v) is 22.2. The lowest BCUT2D eigenvalue weighted by molar-refractivity contribution is -0.125. The first-order valence-corrected chi connectivity index (χ1v) is 14.1. The molecule has 4 N–H and O–H groups in total. The number of nitrogens with one attached hydrogen (secondary N) is 2. The van der Waals surface area contributed by atoms with E-state index in [0.717, 1.165) is 11.8 Å². The van der Waals surface area contributed by atoms with Crippen LogP contribution in [0.4, 0.5) is 0 Å². The van der Waals surface area contributed by atoms with Gasteiger partial charge in [-0.05, 0) is 81.2 Å². The maximum atomic E-state index is 13.4. The smallest absolute Gasteiger partial charge is 0.291 e. The highest BCUT2D eigenvalue weighted by atomic mass is 32.2. The van der Waals surface area contributed by atoms with Crippen LogP contribution in [-0.4, -0.2) is 45.9 Å². The Balaban J connectivity index is 1.27. The van der Waals surface area contributed by atoms with Crippen LogP contribution in [0, 0.1) is 23.7 Å². The van der Waals surface area contributed by atoms with Crippen LogP contribution in [0.5, 0.6) is 5.88 Å². The Morgan fingerprint density at radius 2 is 1.97 bits per heavy atom. The third kappa shape index (κ3) is 5.22. The Morgan fingerprint density at radius 3 is 2.69 bits per heavy atom. The number of aromatic nitrogens is 1. The highest BCUT2D eigenvalue weighted by molar-refractivity contribution is 8.00. The van der Waals surface area contributed by atoms with Crippen LogP contribution in [-0.2, 0) is 4.79 Å². The van der Waals surface area contributed by atoms with Gasteiger partial charge in [0, 0.05) is 11.3 Å². The number of rotatable bonds is 9. The topological polar surface area (TPSA) is 119 Å². The van der Waals surface area contributed by atoms with Gasteiger partial charge in [-0.3, -0.25) is 9.59 Å². The summed E-state index contributed by atoms with van der Waals surface area (Å²) < 4.78 is 11.6. The van der Waals surface area contributed by atoms with Gasteiger partial charge in [0.05, 0.1) is 11.1 Å². The molecule has 4 fully saturated rings. The zero-order chi connectivity index (χ0) is 25.0. The second kappa shape index (κ2) is 9.29. The van der Waals surface area contributed by atoms with Crippen molar-refractivity contribution >= 4 is 23.6 Å². The largest absolute Gasteiger partial charge is 0.472 e. The van der Waals surface area contributed by atoms with Gasteiger partial charge in [-0.25, -0.2) is 0 Å². The van der Waals surface area contributed by atoms with Crippen LogP contribution < -0.4 is 21.1 Å². The number of hydrogen-bond acceptors (Lipinski definition) is 7. The Kier molecular flexibility index (Phi) is 6.62. The van der Waals surface area contributed by atoms with Crippen LogP contribution in [0.1, 0.15) is 89.6 Å². The van der Waals surface area contributed by atoms with E-state index in [4.69, 9.17) is 15.0 Å². The van der Waals surface area contributed by atoms with E-state index in [0.29, 0.717) is 35.5 Å². The van der Waals surface area contributed by atoms with E-state index in [1.54, 1.807) is 0 Å². The molecule has 0 aliphatic heterocycles. The molecule has 5 atom stereocenters. The summed E-state index contributed by atoms with van der Waals surface area (Å²) in [6, 6.07) is 0.226. The summed E-state index contributed by atoms with van der Waals surface area (Å²) in [6.45, 7) is 8.08. The molecule has 8 nitrogen and oxygen atoms in total. The molecule has 1 aromatic heterocycles. The van der Waals surface area contributed by atoms with Crippen molar-refractivity contribution in [3.8, 4) is 5.88 Å².